The molecule has 1 aromatic rings. The quantitative estimate of drug-likeness (QED) is 0.844. The van der Waals surface area contributed by atoms with E-state index in [9.17, 15) is 9.18 Å². The van der Waals surface area contributed by atoms with E-state index in [1.807, 2.05) is 13.0 Å². The summed E-state index contributed by atoms with van der Waals surface area (Å²) in [6, 6.07) is 3.24. The molecule has 1 heterocycles. The molecule has 2 rings (SSSR count). The van der Waals surface area contributed by atoms with E-state index in [1.54, 1.807) is 11.8 Å². The lowest BCUT2D eigenvalue weighted by atomic mass is 10.0. The molecule has 0 radical (unpaired) electrons. The van der Waals surface area contributed by atoms with Crippen molar-refractivity contribution in [3.05, 3.63) is 29.1 Å². The minimum absolute atomic E-state index is 0.00759. The Kier molecular flexibility index (Phi) is 4.76. The summed E-state index contributed by atoms with van der Waals surface area (Å²) >= 11 is 0. The maximum absolute atomic E-state index is 14.3. The third kappa shape index (κ3) is 3.01. The molecule has 0 spiro atoms. The molecule has 3 nitrogen and oxygen atoms in total. The maximum Gasteiger partial charge on any atom is 0.162 e. The van der Waals surface area contributed by atoms with Crippen molar-refractivity contribution in [3.63, 3.8) is 0 Å². The number of nitrogens with one attached hydrogen (secondary N) is 1. The van der Waals surface area contributed by atoms with Gasteiger partial charge in [-0.15, -0.1) is 0 Å². The van der Waals surface area contributed by atoms with Gasteiger partial charge in [-0.2, -0.15) is 0 Å². The van der Waals surface area contributed by atoms with Gasteiger partial charge in [0.05, 0.1) is 38.4 Å². The van der Waals surface area contributed by atoms with E-state index in [2.05, 4.69) is 11.8 Å². The Morgan fingerprint density at radius 1 is 1.30 bits per heavy atom. The van der Waals surface area contributed by atoms with E-state index in [0.717, 1.165) is 38.3 Å². The summed E-state index contributed by atoms with van der Waals surface area (Å²) in [5, 5.41) is 0. The average Bonchev–Trinajstić information content (AvgIpc) is 2.48. The fourth-order valence-electron chi connectivity index (χ4n) is 2.82. The first-order valence-electron chi connectivity index (χ1n) is 7.48. The molecule has 0 amide bonds. The third-order valence-corrected chi connectivity index (χ3v) is 4.23. The second kappa shape index (κ2) is 6.35. The molecule has 1 aliphatic rings. The zero-order chi connectivity index (χ0) is 14.7. The van der Waals surface area contributed by atoms with E-state index < -0.39 is 0 Å². The van der Waals surface area contributed by atoms with Crippen molar-refractivity contribution in [1.82, 2.24) is 0 Å². The molecule has 0 saturated carbocycles. The third-order valence-electron chi connectivity index (χ3n) is 4.23. The zero-order valence-electron chi connectivity index (χ0n) is 12.6. The van der Waals surface area contributed by atoms with E-state index >= 15 is 0 Å². The predicted octanol–water partition coefficient (Wildman–Crippen LogP) is 1.45. The molecule has 1 N–H and O–H groups in total. The van der Waals surface area contributed by atoms with Gasteiger partial charge in [-0.25, -0.2) is 4.39 Å². The largest absolute Gasteiger partial charge is 0.358 e. The van der Waals surface area contributed by atoms with Crippen molar-refractivity contribution < 1.29 is 14.1 Å². The number of anilines is 1. The highest BCUT2D eigenvalue weighted by Crippen LogP contribution is 2.24. The monoisotopic (exact) mass is 279 g/mol. The average molecular weight is 279 g/mol. The van der Waals surface area contributed by atoms with Crippen molar-refractivity contribution in [3.8, 4) is 0 Å². The van der Waals surface area contributed by atoms with Crippen LogP contribution in [0.4, 0.5) is 10.1 Å². The summed E-state index contributed by atoms with van der Waals surface area (Å²) in [5.41, 5.74) is 2.04. The highest BCUT2D eigenvalue weighted by molar-refractivity contribution is 5.97. The molecule has 1 saturated heterocycles. The lowest BCUT2D eigenvalue weighted by Gasteiger charge is -2.33. The number of aryl methyl sites for hydroxylation is 1. The Morgan fingerprint density at radius 3 is 2.50 bits per heavy atom. The number of likely N-dealkylation sites (N-methyl/N-ethyl adjacent to an activating group) is 1. The lowest BCUT2D eigenvalue weighted by molar-refractivity contribution is -0.898. The van der Waals surface area contributed by atoms with Crippen molar-refractivity contribution in [1.29, 1.82) is 0 Å². The molecule has 0 unspecified atom stereocenters. The van der Waals surface area contributed by atoms with Crippen LogP contribution in [0.3, 0.4) is 0 Å². The van der Waals surface area contributed by atoms with Gasteiger partial charge in [-0.3, -0.25) is 4.79 Å². The standard InChI is InChI=1S/C16H23FN2O/c1-4-16(20)13-11-14(17)15(10-12(13)3)19-8-6-18(5-2)7-9-19/h10-11H,4-9H2,1-3H3/p+1. The lowest BCUT2D eigenvalue weighted by Crippen LogP contribution is -3.14. The van der Waals surface area contributed by atoms with Gasteiger partial charge in [0.1, 0.15) is 5.82 Å². The number of benzene rings is 1. The summed E-state index contributed by atoms with van der Waals surface area (Å²) < 4.78 is 14.3. The van der Waals surface area contributed by atoms with Gasteiger partial charge in [0.25, 0.3) is 0 Å². The molecule has 0 aliphatic carbocycles. The molecule has 1 aromatic carbocycles. The first-order chi connectivity index (χ1) is 9.56. The van der Waals surface area contributed by atoms with Crippen LogP contribution in [0.25, 0.3) is 0 Å². The number of hydrogen-bond donors (Lipinski definition) is 1. The number of rotatable bonds is 4. The highest BCUT2D eigenvalue weighted by atomic mass is 19.1. The summed E-state index contributed by atoms with van der Waals surface area (Å²) in [6.45, 7) is 10.8. The summed E-state index contributed by atoms with van der Waals surface area (Å²) in [6.07, 6.45) is 0.415. The van der Waals surface area contributed by atoms with Crippen molar-refractivity contribution >= 4 is 11.5 Å². The van der Waals surface area contributed by atoms with Gasteiger partial charge >= 0.3 is 0 Å². The molecular formula is C16H24FN2O+. The van der Waals surface area contributed by atoms with Gasteiger partial charge in [-0.1, -0.05) is 6.92 Å². The molecule has 0 aromatic heterocycles. The van der Waals surface area contributed by atoms with E-state index in [0.29, 0.717) is 17.7 Å². The number of Topliss-reactive ketones (excluding diaryl/α,β-unsaturated/α-hetero) is 1. The number of carbonyl (C=O) groups excluding carboxylic acids is 1. The van der Waals surface area contributed by atoms with Crippen LogP contribution < -0.4 is 9.80 Å². The molecule has 20 heavy (non-hydrogen) atoms. The highest BCUT2D eigenvalue weighted by Gasteiger charge is 2.22. The molecule has 1 fully saturated rings. The van der Waals surface area contributed by atoms with Crippen LogP contribution in [0, 0.1) is 12.7 Å². The Bertz CT molecular complexity index is 493. The van der Waals surface area contributed by atoms with Crippen LogP contribution in [0.5, 0.6) is 0 Å². The van der Waals surface area contributed by atoms with Crippen LogP contribution in [0.1, 0.15) is 36.2 Å². The Hall–Kier alpha value is -1.42. The molecule has 0 bridgehead atoms. The van der Waals surface area contributed by atoms with Crippen LogP contribution in [0.2, 0.25) is 0 Å². The van der Waals surface area contributed by atoms with E-state index in [-0.39, 0.29) is 11.6 Å². The molecule has 4 heteroatoms. The van der Waals surface area contributed by atoms with Crippen LogP contribution in [-0.4, -0.2) is 38.5 Å². The number of ketones is 1. The summed E-state index contributed by atoms with van der Waals surface area (Å²) in [7, 11) is 0. The van der Waals surface area contributed by atoms with Crippen molar-refractivity contribution in [2.45, 2.75) is 27.2 Å². The number of halogens is 1. The molecule has 1 aliphatic heterocycles. The van der Waals surface area contributed by atoms with Crippen LogP contribution in [-0.2, 0) is 0 Å². The Labute approximate surface area is 120 Å². The fourth-order valence-corrected chi connectivity index (χ4v) is 2.82. The predicted molar refractivity (Wildman–Crippen MR) is 79.2 cm³/mol. The second-order valence-corrected chi connectivity index (χ2v) is 5.49. The first kappa shape index (κ1) is 15.0. The van der Waals surface area contributed by atoms with Gasteiger partial charge in [0.15, 0.2) is 5.78 Å². The van der Waals surface area contributed by atoms with E-state index in [1.165, 1.54) is 6.07 Å². The zero-order valence-corrected chi connectivity index (χ0v) is 12.6. The number of nitrogens with zero attached hydrogens (tertiary/aromatic N) is 1. The normalized spacial score (nSPS) is 16.5. The summed E-state index contributed by atoms with van der Waals surface area (Å²) in [4.78, 5) is 15.4. The maximum atomic E-state index is 14.3. The van der Waals surface area contributed by atoms with Crippen LogP contribution in [0.15, 0.2) is 12.1 Å². The van der Waals surface area contributed by atoms with E-state index in [4.69, 9.17) is 0 Å². The minimum atomic E-state index is -0.271. The Morgan fingerprint density at radius 2 is 1.95 bits per heavy atom. The molecule has 110 valence electrons. The van der Waals surface area contributed by atoms with Crippen molar-refractivity contribution in [2.75, 3.05) is 37.6 Å². The molecular weight excluding hydrogens is 255 g/mol. The van der Waals surface area contributed by atoms with Gasteiger partial charge in [0, 0.05) is 12.0 Å². The molecule has 0 atom stereocenters. The minimum Gasteiger partial charge on any atom is -0.358 e. The number of quaternary nitrogens is 1. The second-order valence-electron chi connectivity index (χ2n) is 5.49. The Balaban J connectivity index is 2.21. The van der Waals surface area contributed by atoms with Gasteiger partial charge in [-0.05, 0) is 31.5 Å². The topological polar surface area (TPSA) is 24.8 Å². The number of hydrogen-bond acceptors (Lipinski definition) is 2. The fraction of sp³-hybridized carbons (Fsp3) is 0.562. The SMILES string of the molecule is CCC(=O)c1cc(F)c(N2CC[NH+](CC)CC2)cc1C. The smallest absolute Gasteiger partial charge is 0.162 e. The van der Waals surface area contributed by atoms with Gasteiger partial charge < -0.3 is 9.80 Å². The summed E-state index contributed by atoms with van der Waals surface area (Å²) in [5.74, 6) is -0.263. The first-order valence-corrected chi connectivity index (χ1v) is 7.48. The number of carbonyl (C=O) groups is 1. The van der Waals surface area contributed by atoms with Crippen molar-refractivity contribution in [2.24, 2.45) is 0 Å². The van der Waals surface area contributed by atoms with Crippen LogP contribution >= 0.6 is 0 Å². The number of piperazine rings is 1. The van der Waals surface area contributed by atoms with Gasteiger partial charge in [0.2, 0.25) is 0 Å².